The third kappa shape index (κ3) is 3.62. The van der Waals surface area contributed by atoms with Gasteiger partial charge in [-0.1, -0.05) is 11.3 Å². The number of carboxylic acid groups (broad SMARTS) is 1. The van der Waals surface area contributed by atoms with E-state index in [0.717, 1.165) is 17.7 Å². The molecule has 1 aliphatic heterocycles. The average Bonchev–Trinajstić information content (AvgIpc) is 3.28. The van der Waals surface area contributed by atoms with Gasteiger partial charge < -0.3 is 15.1 Å². The molecule has 1 saturated heterocycles. The van der Waals surface area contributed by atoms with E-state index in [9.17, 15) is 14.7 Å². The van der Waals surface area contributed by atoms with Gasteiger partial charge in [0, 0.05) is 17.5 Å². The second-order valence-corrected chi connectivity index (χ2v) is 6.74. The first-order valence-electron chi connectivity index (χ1n) is 7.69. The Morgan fingerprint density at radius 3 is 2.96 bits per heavy atom. The Labute approximate surface area is 142 Å². The first kappa shape index (κ1) is 16.6. The van der Waals surface area contributed by atoms with Gasteiger partial charge >= 0.3 is 5.97 Å². The summed E-state index contributed by atoms with van der Waals surface area (Å²) in [6.45, 7) is 0.590. The molecule has 9 heteroatoms. The quantitative estimate of drug-likeness (QED) is 0.809. The summed E-state index contributed by atoms with van der Waals surface area (Å²) < 4.78 is 1.23. The zero-order chi connectivity index (χ0) is 17.1. The second-order valence-electron chi connectivity index (χ2n) is 5.76. The Morgan fingerprint density at radius 2 is 2.29 bits per heavy atom. The standard InChI is InChI=1S/C15H18N4O4S/c20-12(13-4-2-6-24-13)7-10-3-1-5-19(10)14(21)9-18-8-11(15(22)23)16-17-18/h2,4,6,8,10,12,20H,1,3,5,7,9H2,(H,22,23). The van der Waals surface area contributed by atoms with Crippen molar-refractivity contribution in [1.82, 2.24) is 19.9 Å². The lowest BCUT2D eigenvalue weighted by Gasteiger charge is -2.26. The second kappa shape index (κ2) is 7.10. The highest BCUT2D eigenvalue weighted by molar-refractivity contribution is 7.10. The molecular formula is C15H18N4O4S. The Morgan fingerprint density at radius 1 is 1.46 bits per heavy atom. The number of likely N-dealkylation sites (tertiary alicyclic amines) is 1. The van der Waals surface area contributed by atoms with Gasteiger partial charge in [0.2, 0.25) is 5.91 Å². The number of amides is 1. The predicted molar refractivity (Wildman–Crippen MR) is 85.6 cm³/mol. The molecular weight excluding hydrogens is 332 g/mol. The molecule has 24 heavy (non-hydrogen) atoms. The molecule has 128 valence electrons. The Bertz CT molecular complexity index is 715. The van der Waals surface area contributed by atoms with Crippen molar-refractivity contribution in [3.05, 3.63) is 34.3 Å². The maximum absolute atomic E-state index is 12.5. The van der Waals surface area contributed by atoms with Crippen molar-refractivity contribution in [1.29, 1.82) is 0 Å². The third-order valence-electron chi connectivity index (χ3n) is 4.12. The maximum atomic E-state index is 12.5. The van der Waals surface area contributed by atoms with Gasteiger partial charge in [-0.15, -0.1) is 16.4 Å². The van der Waals surface area contributed by atoms with E-state index >= 15 is 0 Å². The van der Waals surface area contributed by atoms with Crippen LogP contribution in [0.3, 0.4) is 0 Å². The molecule has 0 bridgehead atoms. The van der Waals surface area contributed by atoms with Crippen LogP contribution in [0, 0.1) is 0 Å². The summed E-state index contributed by atoms with van der Waals surface area (Å²) in [5.74, 6) is -1.32. The summed E-state index contributed by atoms with van der Waals surface area (Å²) in [7, 11) is 0. The van der Waals surface area contributed by atoms with Crippen LogP contribution >= 0.6 is 11.3 Å². The molecule has 2 unspecified atom stereocenters. The van der Waals surface area contributed by atoms with E-state index in [-0.39, 0.29) is 24.2 Å². The fourth-order valence-corrected chi connectivity index (χ4v) is 3.69. The highest BCUT2D eigenvalue weighted by Crippen LogP contribution is 2.29. The summed E-state index contributed by atoms with van der Waals surface area (Å²) in [6, 6.07) is 3.77. The molecule has 0 spiro atoms. The van der Waals surface area contributed by atoms with Gasteiger partial charge in [-0.05, 0) is 30.7 Å². The molecule has 2 atom stereocenters. The summed E-state index contributed by atoms with van der Waals surface area (Å²) >= 11 is 1.50. The molecule has 0 radical (unpaired) electrons. The molecule has 1 aliphatic rings. The molecule has 0 aliphatic carbocycles. The molecule has 2 aromatic heterocycles. The summed E-state index contributed by atoms with van der Waals surface area (Å²) in [5, 5.41) is 28.2. The number of hydrogen-bond donors (Lipinski definition) is 2. The smallest absolute Gasteiger partial charge is 0.358 e. The van der Waals surface area contributed by atoms with E-state index < -0.39 is 12.1 Å². The highest BCUT2D eigenvalue weighted by Gasteiger charge is 2.31. The number of thiophene rings is 1. The molecule has 1 amide bonds. The number of carbonyl (C=O) groups is 2. The number of aromatic nitrogens is 3. The van der Waals surface area contributed by atoms with Crippen molar-refractivity contribution in [2.45, 2.75) is 38.0 Å². The van der Waals surface area contributed by atoms with E-state index in [1.165, 1.54) is 22.2 Å². The van der Waals surface area contributed by atoms with Gasteiger partial charge in [0.1, 0.15) is 6.54 Å². The highest BCUT2D eigenvalue weighted by atomic mass is 32.1. The van der Waals surface area contributed by atoms with Crippen molar-refractivity contribution >= 4 is 23.2 Å². The number of aliphatic hydroxyl groups is 1. The molecule has 3 rings (SSSR count). The topological polar surface area (TPSA) is 109 Å². The fourth-order valence-electron chi connectivity index (χ4n) is 2.97. The van der Waals surface area contributed by atoms with Crippen LogP contribution in [0.25, 0.3) is 0 Å². The average molecular weight is 350 g/mol. The number of carboxylic acids is 1. The first-order chi connectivity index (χ1) is 11.5. The molecule has 1 fully saturated rings. The summed E-state index contributed by atoms with van der Waals surface area (Å²) in [4.78, 5) is 25.9. The van der Waals surface area contributed by atoms with E-state index in [2.05, 4.69) is 10.3 Å². The largest absolute Gasteiger partial charge is 0.476 e. The number of nitrogens with zero attached hydrogens (tertiary/aromatic N) is 4. The molecule has 0 aromatic carbocycles. The minimum absolute atomic E-state index is 0.0166. The number of rotatable bonds is 6. The summed E-state index contributed by atoms with van der Waals surface area (Å²) in [6.07, 6.45) is 2.92. The Kier molecular flexibility index (Phi) is 4.91. The number of carbonyl (C=O) groups excluding carboxylic acids is 1. The summed E-state index contributed by atoms with van der Waals surface area (Å²) in [5.41, 5.74) is -0.186. The van der Waals surface area contributed by atoms with E-state index in [0.29, 0.717) is 13.0 Å². The van der Waals surface area contributed by atoms with E-state index in [1.807, 2.05) is 17.5 Å². The Hall–Kier alpha value is -2.26. The van der Waals surface area contributed by atoms with Crippen molar-refractivity contribution in [3.8, 4) is 0 Å². The lowest BCUT2D eigenvalue weighted by atomic mass is 10.1. The molecule has 2 N–H and O–H groups in total. The van der Waals surface area contributed by atoms with Crippen LogP contribution in [0.1, 0.15) is 40.7 Å². The number of aliphatic hydroxyl groups excluding tert-OH is 1. The first-order valence-corrected chi connectivity index (χ1v) is 8.57. The SMILES string of the molecule is O=C(O)c1cn(CC(=O)N2CCCC2CC(O)c2cccs2)nn1. The molecule has 8 nitrogen and oxygen atoms in total. The van der Waals surface area contributed by atoms with Gasteiger partial charge in [-0.2, -0.15) is 0 Å². The van der Waals surface area contributed by atoms with Crippen LogP contribution in [0.2, 0.25) is 0 Å². The van der Waals surface area contributed by atoms with Crippen LogP contribution in [0.15, 0.2) is 23.7 Å². The van der Waals surface area contributed by atoms with Crippen LogP contribution in [0.4, 0.5) is 0 Å². The maximum Gasteiger partial charge on any atom is 0.358 e. The zero-order valence-corrected chi connectivity index (χ0v) is 13.7. The lowest BCUT2D eigenvalue weighted by molar-refractivity contribution is -0.133. The van der Waals surface area contributed by atoms with Crippen molar-refractivity contribution in [2.24, 2.45) is 0 Å². The fraction of sp³-hybridized carbons (Fsp3) is 0.467. The van der Waals surface area contributed by atoms with Crippen LogP contribution < -0.4 is 0 Å². The Balaban J connectivity index is 1.61. The van der Waals surface area contributed by atoms with Crippen LogP contribution in [-0.2, 0) is 11.3 Å². The monoisotopic (exact) mass is 350 g/mol. The number of aromatic carboxylic acids is 1. The van der Waals surface area contributed by atoms with Crippen molar-refractivity contribution in [3.63, 3.8) is 0 Å². The van der Waals surface area contributed by atoms with Crippen LogP contribution in [-0.4, -0.2) is 54.6 Å². The van der Waals surface area contributed by atoms with Gasteiger partial charge in [0.05, 0.1) is 12.3 Å². The molecule has 3 heterocycles. The zero-order valence-electron chi connectivity index (χ0n) is 12.9. The normalized spacial score (nSPS) is 18.7. The van der Waals surface area contributed by atoms with Crippen LogP contribution in [0.5, 0.6) is 0 Å². The minimum Gasteiger partial charge on any atom is -0.476 e. The van der Waals surface area contributed by atoms with Gasteiger partial charge in [0.15, 0.2) is 5.69 Å². The van der Waals surface area contributed by atoms with Gasteiger partial charge in [0.25, 0.3) is 0 Å². The third-order valence-corrected chi connectivity index (χ3v) is 5.09. The number of hydrogen-bond acceptors (Lipinski definition) is 6. The molecule has 0 saturated carbocycles. The molecule has 2 aromatic rings. The van der Waals surface area contributed by atoms with Gasteiger partial charge in [-0.25, -0.2) is 9.48 Å². The predicted octanol–water partition coefficient (Wildman–Crippen LogP) is 1.15. The minimum atomic E-state index is -1.17. The van der Waals surface area contributed by atoms with Gasteiger partial charge in [-0.3, -0.25) is 4.79 Å². The van der Waals surface area contributed by atoms with Crippen molar-refractivity contribution in [2.75, 3.05) is 6.54 Å². The van der Waals surface area contributed by atoms with Crippen molar-refractivity contribution < 1.29 is 19.8 Å². The van der Waals surface area contributed by atoms with E-state index in [4.69, 9.17) is 5.11 Å². The van der Waals surface area contributed by atoms with E-state index in [1.54, 1.807) is 4.90 Å². The lowest BCUT2D eigenvalue weighted by Crippen LogP contribution is -2.38.